The second kappa shape index (κ2) is 23.7. The third kappa shape index (κ3) is 17.2. The van der Waals surface area contributed by atoms with E-state index in [0.717, 1.165) is 0 Å². The minimum atomic E-state index is -1.19. The Kier molecular flexibility index (Phi) is 22.1. The summed E-state index contributed by atoms with van der Waals surface area (Å²) < 4.78 is 0. The van der Waals surface area contributed by atoms with Gasteiger partial charge in [-0.1, -0.05) is 0 Å². The topological polar surface area (TPSA) is 284 Å². The fourth-order valence-corrected chi connectivity index (χ4v) is 4.16. The summed E-state index contributed by atoms with van der Waals surface area (Å²) in [5.41, 5.74) is 27.9. The summed E-state index contributed by atoms with van der Waals surface area (Å²) in [6, 6.07) is -4.99. The molecule has 0 saturated carbocycles. The van der Waals surface area contributed by atoms with Crippen LogP contribution in [0.1, 0.15) is 84.0 Å². The predicted octanol–water partition coefficient (Wildman–Crippen LogP) is -2.13. The third-order valence-corrected chi connectivity index (χ3v) is 6.71. The molecule has 0 saturated heterocycles. The number of carbonyl (C=O) groups excluding carboxylic acids is 4. The van der Waals surface area contributed by atoms with Crippen molar-refractivity contribution in [1.82, 2.24) is 21.3 Å². The van der Waals surface area contributed by atoms with Gasteiger partial charge in [-0.15, -0.1) is 0 Å². The first-order valence-electron chi connectivity index (χ1n) is 15.0. The number of rotatable bonds is 25. The highest BCUT2D eigenvalue weighted by Gasteiger charge is 2.31. The number of amides is 4. The summed E-state index contributed by atoms with van der Waals surface area (Å²) >= 11 is 0. The molecule has 0 fully saturated rings. The van der Waals surface area contributed by atoms with Crippen LogP contribution in [0.4, 0.5) is 0 Å². The number of unbranched alkanes of at least 4 members (excludes halogenated alkanes) is 4. The van der Waals surface area contributed by atoms with Gasteiger partial charge in [0.05, 0.1) is 6.04 Å². The number of nitrogens with two attached hydrogens (primary N) is 5. The molecule has 4 amide bonds. The Hall–Kier alpha value is -2.85. The van der Waals surface area contributed by atoms with Crippen LogP contribution in [0, 0.1) is 0 Å². The molecule has 0 radical (unpaired) electrons. The SMILES string of the molecule is C[C@H](N)C(=O)N[C@@H](CCCCN)C(=O)N[C@@H](CCCCN)C(=O)N[C@@H](CCCCN)C(=O)N[C@@H](CCCCN)C(=O)O. The molecule has 0 aromatic heterocycles. The minimum Gasteiger partial charge on any atom is -0.480 e. The third-order valence-electron chi connectivity index (χ3n) is 6.71. The van der Waals surface area contributed by atoms with Crippen LogP contribution in [0.3, 0.4) is 0 Å². The van der Waals surface area contributed by atoms with E-state index in [2.05, 4.69) is 21.3 Å². The van der Waals surface area contributed by atoms with Crippen molar-refractivity contribution in [3.63, 3.8) is 0 Å². The van der Waals surface area contributed by atoms with Gasteiger partial charge in [-0.25, -0.2) is 4.79 Å². The quantitative estimate of drug-likeness (QED) is 0.0504. The highest BCUT2D eigenvalue weighted by molar-refractivity contribution is 5.95. The van der Waals surface area contributed by atoms with Crippen LogP contribution < -0.4 is 49.9 Å². The number of carboxylic acid groups (broad SMARTS) is 1. The highest BCUT2D eigenvalue weighted by atomic mass is 16.4. The zero-order valence-corrected chi connectivity index (χ0v) is 25.1. The van der Waals surface area contributed by atoms with Crippen LogP contribution in [0.15, 0.2) is 0 Å². The Morgan fingerprint density at radius 1 is 0.500 bits per heavy atom. The number of hydrogen-bond acceptors (Lipinski definition) is 10. The molecular weight excluding hydrogens is 546 g/mol. The Morgan fingerprint density at radius 3 is 1.02 bits per heavy atom. The average Bonchev–Trinajstić information content (AvgIpc) is 2.94. The van der Waals surface area contributed by atoms with Crippen LogP contribution in [0.2, 0.25) is 0 Å². The van der Waals surface area contributed by atoms with Crippen molar-refractivity contribution in [3.8, 4) is 0 Å². The van der Waals surface area contributed by atoms with Crippen molar-refractivity contribution in [3.05, 3.63) is 0 Å². The van der Waals surface area contributed by atoms with Gasteiger partial charge in [0.1, 0.15) is 24.2 Å². The van der Waals surface area contributed by atoms with Gasteiger partial charge in [-0.05, 0) is 110 Å². The molecule has 15 N–H and O–H groups in total. The first kappa shape index (κ1) is 39.1. The van der Waals surface area contributed by atoms with Crippen LogP contribution in [0.25, 0.3) is 0 Å². The minimum absolute atomic E-state index is 0.193. The number of carboxylic acids is 1. The molecule has 0 rings (SSSR count). The molecule has 5 atom stereocenters. The maximum Gasteiger partial charge on any atom is 0.326 e. The molecule has 15 nitrogen and oxygen atoms in total. The molecular formula is C27H55N9O6. The number of hydrogen-bond donors (Lipinski definition) is 10. The van der Waals surface area contributed by atoms with Crippen molar-refractivity contribution in [2.75, 3.05) is 26.2 Å². The molecule has 0 aliphatic heterocycles. The fraction of sp³-hybridized carbons (Fsp3) is 0.815. The molecule has 244 valence electrons. The van der Waals surface area contributed by atoms with Crippen molar-refractivity contribution >= 4 is 29.6 Å². The lowest BCUT2D eigenvalue weighted by Gasteiger charge is -2.26. The Morgan fingerprint density at radius 2 is 0.762 bits per heavy atom. The molecule has 0 aromatic rings. The van der Waals surface area contributed by atoms with E-state index < -0.39 is 59.8 Å². The predicted molar refractivity (Wildman–Crippen MR) is 161 cm³/mol. The average molecular weight is 602 g/mol. The van der Waals surface area contributed by atoms with Crippen LogP contribution in [0.5, 0.6) is 0 Å². The second-order valence-electron chi connectivity index (χ2n) is 10.5. The molecule has 0 aliphatic rings. The maximum atomic E-state index is 13.4. The molecule has 0 spiro atoms. The lowest BCUT2D eigenvalue weighted by Crippen LogP contribution is -2.58. The first-order chi connectivity index (χ1) is 20.0. The number of carbonyl (C=O) groups is 5. The highest BCUT2D eigenvalue weighted by Crippen LogP contribution is 2.09. The van der Waals surface area contributed by atoms with E-state index in [-0.39, 0.29) is 19.3 Å². The molecule has 0 unspecified atom stereocenters. The Labute approximate surface area is 249 Å². The van der Waals surface area contributed by atoms with Crippen molar-refractivity contribution in [1.29, 1.82) is 0 Å². The molecule has 15 heteroatoms. The standard InChI is InChI=1S/C27H55N9O6/c1-18(32)23(37)33-19(10-2-6-14-28)24(38)34-20(11-3-7-15-29)25(39)35-21(12-4-8-16-30)26(40)36-22(27(41)42)13-5-9-17-31/h18-22H,2-17,28-32H2,1H3,(H,33,37)(H,34,38)(H,35,39)(H,36,40)(H,41,42)/t18-,19-,20-,21-,22-/m0/s1. The van der Waals surface area contributed by atoms with E-state index in [0.29, 0.717) is 84.0 Å². The smallest absolute Gasteiger partial charge is 0.326 e. The van der Waals surface area contributed by atoms with Crippen LogP contribution >= 0.6 is 0 Å². The zero-order valence-electron chi connectivity index (χ0n) is 25.1. The lowest BCUT2D eigenvalue weighted by molar-refractivity contribution is -0.142. The molecule has 0 aliphatic carbocycles. The normalized spacial score (nSPS) is 14.6. The summed E-state index contributed by atoms with van der Waals surface area (Å²) in [7, 11) is 0. The Bertz CT molecular complexity index is 815. The largest absolute Gasteiger partial charge is 0.480 e. The van der Waals surface area contributed by atoms with E-state index in [1.54, 1.807) is 0 Å². The molecule has 0 heterocycles. The molecule has 0 aromatic carbocycles. The van der Waals surface area contributed by atoms with Crippen LogP contribution in [-0.2, 0) is 24.0 Å². The molecule has 42 heavy (non-hydrogen) atoms. The summed E-state index contributed by atoms with van der Waals surface area (Å²) in [6.45, 7) is 3.09. The maximum absolute atomic E-state index is 13.4. The zero-order chi connectivity index (χ0) is 31.9. The molecule has 0 bridgehead atoms. The van der Waals surface area contributed by atoms with Gasteiger partial charge < -0.3 is 55.0 Å². The van der Waals surface area contributed by atoms with E-state index >= 15 is 0 Å². The van der Waals surface area contributed by atoms with Gasteiger partial charge >= 0.3 is 5.97 Å². The van der Waals surface area contributed by atoms with Gasteiger partial charge in [0.2, 0.25) is 23.6 Å². The van der Waals surface area contributed by atoms with Gasteiger partial charge in [-0.3, -0.25) is 19.2 Å². The van der Waals surface area contributed by atoms with E-state index in [1.807, 2.05) is 0 Å². The monoisotopic (exact) mass is 601 g/mol. The number of aliphatic carboxylic acids is 1. The summed E-state index contributed by atoms with van der Waals surface area (Å²) in [5.74, 6) is -3.51. The van der Waals surface area contributed by atoms with E-state index in [1.165, 1.54) is 6.92 Å². The van der Waals surface area contributed by atoms with Gasteiger partial charge in [0.25, 0.3) is 0 Å². The lowest BCUT2D eigenvalue weighted by atomic mass is 10.0. The van der Waals surface area contributed by atoms with Crippen molar-refractivity contribution in [2.45, 2.75) is 114 Å². The van der Waals surface area contributed by atoms with Crippen LogP contribution in [-0.4, -0.2) is 91.1 Å². The van der Waals surface area contributed by atoms with Gasteiger partial charge in [-0.2, -0.15) is 0 Å². The fourth-order valence-electron chi connectivity index (χ4n) is 4.16. The van der Waals surface area contributed by atoms with Gasteiger partial charge in [0.15, 0.2) is 0 Å². The summed E-state index contributed by atoms with van der Waals surface area (Å²) in [5, 5.41) is 20.1. The van der Waals surface area contributed by atoms with Crippen molar-refractivity contribution < 1.29 is 29.1 Å². The van der Waals surface area contributed by atoms with E-state index in [4.69, 9.17) is 28.7 Å². The summed E-state index contributed by atoms with van der Waals surface area (Å²) in [6.07, 6.45) is 5.50. The Balaban J connectivity index is 5.80. The van der Waals surface area contributed by atoms with Crippen molar-refractivity contribution in [2.24, 2.45) is 28.7 Å². The number of nitrogens with one attached hydrogen (secondary N) is 4. The summed E-state index contributed by atoms with van der Waals surface area (Å²) in [4.78, 5) is 63.8. The second-order valence-corrected chi connectivity index (χ2v) is 10.5. The van der Waals surface area contributed by atoms with E-state index in [9.17, 15) is 29.1 Å². The first-order valence-corrected chi connectivity index (χ1v) is 15.0. The van der Waals surface area contributed by atoms with Gasteiger partial charge in [0, 0.05) is 0 Å².